The van der Waals surface area contributed by atoms with Gasteiger partial charge in [0.15, 0.2) is 0 Å². The molecule has 2 rings (SSSR count). The summed E-state index contributed by atoms with van der Waals surface area (Å²) in [4.78, 5) is 4.58. The van der Waals surface area contributed by atoms with E-state index in [1.807, 2.05) is 36.4 Å². The number of alkyl halides is 1. The summed E-state index contributed by atoms with van der Waals surface area (Å²) in [7, 11) is 0. The number of rotatable bonds is 3. The predicted octanol–water partition coefficient (Wildman–Crippen LogP) is 5.37. The number of nitrogens with zero attached hydrogens (tertiary/aromatic N) is 1. The molecule has 2 aromatic rings. The molecule has 0 spiro atoms. The molecule has 2 heteroatoms. The lowest BCUT2D eigenvalue weighted by Gasteiger charge is -2.06. The average molecular weight is 379 g/mol. The van der Waals surface area contributed by atoms with E-state index in [2.05, 4.69) is 72.6 Å². The van der Waals surface area contributed by atoms with Gasteiger partial charge in [0.1, 0.15) is 0 Å². The zero-order valence-electron chi connectivity index (χ0n) is 12.4. The van der Waals surface area contributed by atoms with Gasteiger partial charge in [-0.15, -0.1) is 0 Å². The molecule has 0 aromatic heterocycles. The summed E-state index contributed by atoms with van der Waals surface area (Å²) in [5, 5.41) is 0. The third kappa shape index (κ3) is 6.33. The number of hydrogen-bond donors (Lipinski definition) is 0. The summed E-state index contributed by atoms with van der Waals surface area (Å²) in [5.41, 5.74) is 3.43. The zero-order valence-corrected chi connectivity index (χ0v) is 14.5. The van der Waals surface area contributed by atoms with Gasteiger partial charge in [0.05, 0.1) is 5.71 Å². The molecule has 0 aliphatic carbocycles. The van der Waals surface area contributed by atoms with Crippen LogP contribution < -0.4 is 0 Å². The highest BCUT2D eigenvalue weighted by Crippen LogP contribution is 2.10. The van der Waals surface area contributed by atoms with Crippen LogP contribution in [0.2, 0.25) is 0 Å². The largest absolute Gasteiger partial charge is 0.284 e. The van der Waals surface area contributed by atoms with E-state index >= 15 is 0 Å². The molecule has 0 saturated carbocycles. The first-order valence-corrected chi connectivity index (χ1v) is 8.19. The van der Waals surface area contributed by atoms with Crippen LogP contribution in [0.3, 0.4) is 0 Å². The molecule has 0 aliphatic rings. The molecule has 0 heterocycles. The molecule has 0 bridgehead atoms. The molecule has 0 saturated heterocycles. The van der Waals surface area contributed by atoms with Crippen molar-refractivity contribution in [1.82, 2.24) is 0 Å². The van der Waals surface area contributed by atoms with Crippen LogP contribution in [-0.4, -0.2) is 16.2 Å². The fraction of sp³-hybridized carbons (Fsp3) is 0.278. The van der Waals surface area contributed by atoms with Crippen molar-refractivity contribution in [3.05, 3.63) is 71.8 Å². The van der Waals surface area contributed by atoms with Crippen molar-refractivity contribution in [3.63, 3.8) is 0 Å². The maximum atomic E-state index is 4.58. The Morgan fingerprint density at radius 1 is 0.900 bits per heavy atom. The molecule has 20 heavy (non-hydrogen) atoms. The number of aliphatic imine (C=N–C) groups is 1. The maximum Gasteiger partial charge on any atom is 0.0718 e. The molecule has 0 N–H and O–H groups in total. The topological polar surface area (TPSA) is 12.4 Å². The van der Waals surface area contributed by atoms with Crippen LogP contribution >= 0.6 is 22.6 Å². The lowest BCUT2D eigenvalue weighted by molar-refractivity contribution is 1.13. The summed E-state index contributed by atoms with van der Waals surface area (Å²) >= 11 is 2.34. The van der Waals surface area contributed by atoms with Gasteiger partial charge < -0.3 is 0 Å². The molecule has 0 unspecified atom stereocenters. The molecule has 1 nitrogen and oxygen atoms in total. The fourth-order valence-corrected chi connectivity index (χ4v) is 1.70. The maximum absolute atomic E-state index is 4.58. The van der Waals surface area contributed by atoms with Crippen molar-refractivity contribution in [2.45, 2.75) is 24.7 Å². The van der Waals surface area contributed by atoms with E-state index in [1.54, 1.807) is 0 Å². The lowest BCUT2D eigenvalue weighted by Crippen LogP contribution is -2.03. The van der Waals surface area contributed by atoms with E-state index in [0.717, 1.165) is 16.2 Å². The SMILES string of the molecule is CC(C)I.CCN=C(c1ccccc1)c1ccccc1. The molecular formula is C18H22IN. The monoisotopic (exact) mass is 379 g/mol. The Kier molecular flexibility index (Phi) is 8.19. The van der Waals surface area contributed by atoms with Gasteiger partial charge in [-0.3, -0.25) is 4.99 Å². The second-order valence-corrected chi connectivity index (χ2v) is 7.06. The van der Waals surface area contributed by atoms with E-state index in [4.69, 9.17) is 0 Å². The van der Waals surface area contributed by atoms with Crippen molar-refractivity contribution >= 4 is 28.3 Å². The first-order chi connectivity index (χ1) is 9.65. The van der Waals surface area contributed by atoms with Crippen LogP contribution in [-0.2, 0) is 0 Å². The van der Waals surface area contributed by atoms with Gasteiger partial charge in [-0.25, -0.2) is 0 Å². The minimum Gasteiger partial charge on any atom is -0.284 e. The van der Waals surface area contributed by atoms with Gasteiger partial charge >= 0.3 is 0 Å². The second-order valence-electron chi connectivity index (χ2n) is 4.57. The molecule has 0 atom stereocenters. The first-order valence-electron chi connectivity index (χ1n) is 6.94. The van der Waals surface area contributed by atoms with Crippen molar-refractivity contribution < 1.29 is 0 Å². The molecule has 0 radical (unpaired) electrons. The number of benzene rings is 2. The summed E-state index contributed by atoms with van der Waals surface area (Å²) in [6, 6.07) is 20.6. The predicted molar refractivity (Wildman–Crippen MR) is 98.2 cm³/mol. The third-order valence-electron chi connectivity index (χ3n) is 2.41. The Hall–Kier alpha value is -1.16. The van der Waals surface area contributed by atoms with Crippen LogP contribution in [0, 0.1) is 0 Å². The standard InChI is InChI=1S/C15H15N.C3H7I/c1-2-16-15(13-9-5-3-6-10-13)14-11-7-4-8-12-14;1-3(2)4/h3-12H,2H2,1H3;3H,1-2H3. The Balaban J connectivity index is 0.000000444. The van der Waals surface area contributed by atoms with Crippen LogP contribution in [0.25, 0.3) is 0 Å². The summed E-state index contributed by atoms with van der Waals surface area (Å²) < 4.78 is 0.803. The van der Waals surface area contributed by atoms with Crippen molar-refractivity contribution in [2.75, 3.05) is 6.54 Å². The van der Waals surface area contributed by atoms with Crippen molar-refractivity contribution in [2.24, 2.45) is 4.99 Å². The second kappa shape index (κ2) is 9.70. The molecule has 2 aromatic carbocycles. The quantitative estimate of drug-likeness (QED) is 0.386. The van der Waals surface area contributed by atoms with Gasteiger partial charge in [-0.1, -0.05) is 97.1 Å². The summed E-state index contributed by atoms with van der Waals surface area (Å²) in [6.07, 6.45) is 0. The normalized spacial score (nSPS) is 9.65. The van der Waals surface area contributed by atoms with Crippen molar-refractivity contribution in [3.8, 4) is 0 Å². The van der Waals surface area contributed by atoms with Crippen LogP contribution in [0.15, 0.2) is 65.7 Å². The number of halogens is 1. The highest BCUT2D eigenvalue weighted by Gasteiger charge is 2.04. The zero-order chi connectivity index (χ0) is 14.8. The van der Waals surface area contributed by atoms with Crippen molar-refractivity contribution in [1.29, 1.82) is 0 Å². The van der Waals surface area contributed by atoms with Crippen LogP contribution in [0.1, 0.15) is 31.9 Å². The molecule has 0 amide bonds. The third-order valence-corrected chi connectivity index (χ3v) is 2.41. The van der Waals surface area contributed by atoms with Crippen LogP contribution in [0.4, 0.5) is 0 Å². The van der Waals surface area contributed by atoms with Gasteiger partial charge in [0.2, 0.25) is 0 Å². The first kappa shape index (κ1) is 16.9. The van der Waals surface area contributed by atoms with E-state index in [1.165, 1.54) is 11.1 Å². The van der Waals surface area contributed by atoms with E-state index in [-0.39, 0.29) is 0 Å². The highest BCUT2D eigenvalue weighted by molar-refractivity contribution is 14.1. The highest BCUT2D eigenvalue weighted by atomic mass is 127. The van der Waals surface area contributed by atoms with Gasteiger partial charge in [-0.2, -0.15) is 0 Å². The molecule has 0 aliphatic heterocycles. The molecule has 0 fully saturated rings. The van der Waals surface area contributed by atoms with Gasteiger partial charge in [0.25, 0.3) is 0 Å². The summed E-state index contributed by atoms with van der Waals surface area (Å²) in [5.74, 6) is 0. The fourth-order valence-electron chi connectivity index (χ4n) is 1.70. The smallest absolute Gasteiger partial charge is 0.0718 e. The Morgan fingerprint density at radius 2 is 1.25 bits per heavy atom. The van der Waals surface area contributed by atoms with E-state index < -0.39 is 0 Å². The van der Waals surface area contributed by atoms with E-state index in [0.29, 0.717) is 0 Å². The lowest BCUT2D eigenvalue weighted by atomic mass is 10.0. The number of hydrogen-bond acceptors (Lipinski definition) is 1. The van der Waals surface area contributed by atoms with E-state index in [9.17, 15) is 0 Å². The average Bonchev–Trinajstić information content (AvgIpc) is 2.46. The Bertz CT molecular complexity index is 459. The minimum atomic E-state index is 0.803. The van der Waals surface area contributed by atoms with Gasteiger partial charge in [-0.05, 0) is 6.92 Å². The summed E-state index contributed by atoms with van der Waals surface area (Å²) in [6.45, 7) is 7.17. The molecular weight excluding hydrogens is 357 g/mol. The van der Waals surface area contributed by atoms with Crippen LogP contribution in [0.5, 0.6) is 0 Å². The van der Waals surface area contributed by atoms with Gasteiger partial charge in [0, 0.05) is 21.6 Å². The minimum absolute atomic E-state index is 0.803. The molecule has 106 valence electrons. The Morgan fingerprint density at radius 3 is 1.55 bits per heavy atom. The Labute approximate surface area is 136 Å².